The summed E-state index contributed by atoms with van der Waals surface area (Å²) >= 11 is 1.78. The van der Waals surface area contributed by atoms with Crippen molar-refractivity contribution in [3.63, 3.8) is 0 Å². The lowest BCUT2D eigenvalue weighted by Gasteiger charge is -2.36. The van der Waals surface area contributed by atoms with Gasteiger partial charge in [-0.25, -0.2) is 9.78 Å². The van der Waals surface area contributed by atoms with E-state index >= 15 is 0 Å². The number of hydrogen-bond donors (Lipinski definition) is 2. The van der Waals surface area contributed by atoms with Gasteiger partial charge in [0.05, 0.1) is 17.0 Å². The van der Waals surface area contributed by atoms with Crippen molar-refractivity contribution >= 4 is 29.0 Å². The molecule has 3 aliphatic carbocycles. The molecule has 3 fully saturated rings. The highest BCUT2D eigenvalue weighted by Crippen LogP contribution is 2.44. The molecule has 228 valence electrons. The number of aryl methyl sites for hydroxylation is 1. The third-order valence-electron chi connectivity index (χ3n) is 9.74. The molecule has 3 aliphatic rings. The molecule has 8 heteroatoms. The molecule has 1 heterocycles. The first-order chi connectivity index (χ1) is 20.9. The SMILES string of the molecule is COc1ccc(C2CCC(CN(C(=O)C3CCC(NC(=O)O)CC3)c3cccc(-c4cnc(C5CC5)s4)c3)CC2)cc1C. The van der Waals surface area contributed by atoms with E-state index in [1.54, 1.807) is 18.4 Å². The summed E-state index contributed by atoms with van der Waals surface area (Å²) in [6.07, 6.45) is 10.7. The lowest BCUT2D eigenvalue weighted by Crippen LogP contribution is -2.44. The van der Waals surface area contributed by atoms with E-state index in [-0.39, 0.29) is 17.9 Å². The number of amides is 2. The Morgan fingerprint density at radius 2 is 1.72 bits per heavy atom. The molecule has 3 aromatic rings. The fourth-order valence-corrected chi connectivity index (χ4v) is 8.14. The van der Waals surface area contributed by atoms with Gasteiger partial charge in [0.15, 0.2) is 0 Å². The number of benzene rings is 2. The van der Waals surface area contributed by atoms with Gasteiger partial charge in [-0.05, 0) is 118 Å². The molecule has 43 heavy (non-hydrogen) atoms. The van der Waals surface area contributed by atoms with Gasteiger partial charge in [0, 0.05) is 36.3 Å². The summed E-state index contributed by atoms with van der Waals surface area (Å²) in [6, 6.07) is 14.9. The van der Waals surface area contributed by atoms with E-state index in [9.17, 15) is 9.59 Å². The predicted octanol–water partition coefficient (Wildman–Crippen LogP) is 8.14. The van der Waals surface area contributed by atoms with E-state index in [4.69, 9.17) is 9.84 Å². The normalized spacial score (nSPS) is 23.9. The van der Waals surface area contributed by atoms with Gasteiger partial charge in [0.1, 0.15) is 5.75 Å². The number of rotatable bonds is 9. The van der Waals surface area contributed by atoms with Crippen molar-refractivity contribution in [3.8, 4) is 16.2 Å². The molecule has 7 nitrogen and oxygen atoms in total. The maximum absolute atomic E-state index is 14.2. The van der Waals surface area contributed by atoms with Gasteiger partial charge in [-0.3, -0.25) is 4.79 Å². The van der Waals surface area contributed by atoms with E-state index in [1.807, 2.05) is 6.20 Å². The zero-order chi connectivity index (χ0) is 29.9. The molecule has 0 aliphatic heterocycles. The number of thiazole rings is 1. The molecular formula is C35H43N3O4S. The second-order valence-corrected chi connectivity index (χ2v) is 13.8. The van der Waals surface area contributed by atoms with Crippen molar-refractivity contribution in [2.75, 3.05) is 18.6 Å². The number of carbonyl (C=O) groups excluding carboxylic acids is 1. The molecule has 6 rings (SSSR count). The predicted molar refractivity (Wildman–Crippen MR) is 171 cm³/mol. The third-order valence-corrected chi connectivity index (χ3v) is 10.9. The highest BCUT2D eigenvalue weighted by molar-refractivity contribution is 7.15. The van der Waals surface area contributed by atoms with Crippen molar-refractivity contribution < 1.29 is 19.4 Å². The lowest BCUT2D eigenvalue weighted by atomic mass is 9.78. The Bertz CT molecular complexity index is 1430. The number of hydrogen-bond acceptors (Lipinski definition) is 5. The molecule has 2 N–H and O–H groups in total. The maximum Gasteiger partial charge on any atom is 0.404 e. The molecule has 0 radical (unpaired) electrons. The number of carboxylic acid groups (broad SMARTS) is 1. The van der Waals surface area contributed by atoms with Crippen LogP contribution in [0.3, 0.4) is 0 Å². The van der Waals surface area contributed by atoms with E-state index in [2.05, 4.69) is 64.6 Å². The topological polar surface area (TPSA) is 91.8 Å². The molecule has 0 atom stereocenters. The summed E-state index contributed by atoms with van der Waals surface area (Å²) in [5.74, 6) is 2.64. The zero-order valence-corrected chi connectivity index (χ0v) is 26.1. The number of nitrogens with zero attached hydrogens (tertiary/aromatic N) is 2. The van der Waals surface area contributed by atoms with Gasteiger partial charge in [-0.2, -0.15) is 0 Å². The van der Waals surface area contributed by atoms with Crippen molar-refractivity contribution in [2.24, 2.45) is 11.8 Å². The highest BCUT2D eigenvalue weighted by atomic mass is 32.1. The largest absolute Gasteiger partial charge is 0.496 e. The van der Waals surface area contributed by atoms with E-state index in [0.29, 0.717) is 43.4 Å². The quantitative estimate of drug-likeness (QED) is 0.258. The number of carbonyl (C=O) groups is 2. The Hall–Kier alpha value is -3.39. The number of anilines is 1. The smallest absolute Gasteiger partial charge is 0.404 e. The van der Waals surface area contributed by atoms with Crippen LogP contribution in [0.1, 0.15) is 92.2 Å². The minimum Gasteiger partial charge on any atom is -0.496 e. The minimum atomic E-state index is -0.985. The summed E-state index contributed by atoms with van der Waals surface area (Å²) in [6.45, 7) is 2.83. The summed E-state index contributed by atoms with van der Waals surface area (Å²) in [5, 5.41) is 13.0. The Balaban J connectivity index is 1.18. The van der Waals surface area contributed by atoms with Gasteiger partial charge in [-0.15, -0.1) is 11.3 Å². The number of ether oxygens (including phenoxy) is 1. The van der Waals surface area contributed by atoms with Crippen molar-refractivity contribution in [1.29, 1.82) is 0 Å². The van der Waals surface area contributed by atoms with Crippen molar-refractivity contribution in [2.45, 2.75) is 89.0 Å². The van der Waals surface area contributed by atoms with Crippen LogP contribution < -0.4 is 15.0 Å². The van der Waals surface area contributed by atoms with Crippen molar-refractivity contribution in [1.82, 2.24) is 10.3 Å². The second-order valence-electron chi connectivity index (χ2n) is 12.8. The van der Waals surface area contributed by atoms with Gasteiger partial charge in [0.25, 0.3) is 0 Å². The van der Waals surface area contributed by atoms with Crippen LogP contribution in [-0.2, 0) is 4.79 Å². The van der Waals surface area contributed by atoms with Crippen LogP contribution >= 0.6 is 11.3 Å². The molecule has 2 aromatic carbocycles. The Morgan fingerprint density at radius 3 is 2.40 bits per heavy atom. The minimum absolute atomic E-state index is 0.0674. The second kappa shape index (κ2) is 13.1. The molecule has 0 saturated heterocycles. The van der Waals surface area contributed by atoms with Crippen LogP contribution in [-0.4, -0.2) is 41.8 Å². The van der Waals surface area contributed by atoms with Crippen LogP contribution in [0.15, 0.2) is 48.7 Å². The molecule has 0 spiro atoms. The number of nitrogens with one attached hydrogen (secondary N) is 1. The first-order valence-electron chi connectivity index (χ1n) is 15.9. The van der Waals surface area contributed by atoms with Crippen molar-refractivity contribution in [3.05, 3.63) is 64.8 Å². The molecule has 2 amide bonds. The van der Waals surface area contributed by atoms with Gasteiger partial charge >= 0.3 is 6.09 Å². The fourth-order valence-electron chi connectivity index (χ4n) is 7.06. The number of methoxy groups -OCH3 is 1. The fraction of sp³-hybridized carbons (Fsp3) is 0.514. The molecule has 3 saturated carbocycles. The van der Waals surface area contributed by atoms with Crippen LogP contribution in [0.2, 0.25) is 0 Å². The first kappa shape index (κ1) is 29.7. The first-order valence-corrected chi connectivity index (χ1v) is 16.7. The monoisotopic (exact) mass is 601 g/mol. The highest BCUT2D eigenvalue weighted by Gasteiger charge is 2.33. The molecule has 0 unspecified atom stereocenters. The third kappa shape index (κ3) is 7.06. The lowest BCUT2D eigenvalue weighted by molar-refractivity contribution is -0.123. The van der Waals surface area contributed by atoms with Crippen LogP contribution in [0.25, 0.3) is 10.4 Å². The standard InChI is InChI=1S/C35H43N3O4S/c1-22-18-27(14-17-31(22)42-2)24-8-6-23(7-9-24)21-38(34(39)26-12-15-29(16-13-26)37-35(40)41)30-5-3-4-28(19-30)32-20-36-33(43-32)25-10-11-25/h3-5,14,17-20,23-26,29,37H,6-13,15-16,21H2,1-2H3,(H,40,41). The van der Waals surface area contributed by atoms with Crippen LogP contribution in [0.5, 0.6) is 5.75 Å². The average molecular weight is 602 g/mol. The zero-order valence-electron chi connectivity index (χ0n) is 25.3. The number of aromatic nitrogens is 1. The van der Waals surface area contributed by atoms with Gasteiger partial charge < -0.3 is 20.1 Å². The van der Waals surface area contributed by atoms with Crippen LogP contribution in [0, 0.1) is 18.8 Å². The van der Waals surface area contributed by atoms with E-state index in [1.165, 1.54) is 29.0 Å². The summed E-state index contributed by atoms with van der Waals surface area (Å²) in [4.78, 5) is 33.3. The average Bonchev–Trinajstić information content (AvgIpc) is 3.76. The molecular weight excluding hydrogens is 558 g/mol. The Labute approximate surface area is 258 Å². The molecule has 1 aromatic heterocycles. The van der Waals surface area contributed by atoms with Gasteiger partial charge in [0.2, 0.25) is 5.91 Å². The van der Waals surface area contributed by atoms with Crippen LogP contribution in [0.4, 0.5) is 10.5 Å². The maximum atomic E-state index is 14.2. The summed E-state index contributed by atoms with van der Waals surface area (Å²) in [5.41, 5.74) is 4.65. The molecule has 0 bridgehead atoms. The van der Waals surface area contributed by atoms with Gasteiger partial charge in [-0.1, -0.05) is 24.3 Å². The summed E-state index contributed by atoms with van der Waals surface area (Å²) in [7, 11) is 1.72. The Morgan fingerprint density at radius 1 is 0.977 bits per heavy atom. The Kier molecular flexibility index (Phi) is 9.03. The summed E-state index contributed by atoms with van der Waals surface area (Å²) < 4.78 is 5.47. The van der Waals surface area contributed by atoms with E-state index in [0.717, 1.165) is 54.1 Å². The van der Waals surface area contributed by atoms with E-state index < -0.39 is 6.09 Å².